The van der Waals surface area contributed by atoms with Crippen LogP contribution in [0.5, 0.6) is 0 Å². The molecule has 0 aliphatic carbocycles. The first-order valence-corrected chi connectivity index (χ1v) is 12.3. The maximum absolute atomic E-state index is 12.2. The van der Waals surface area contributed by atoms with Gasteiger partial charge in [0.05, 0.1) is 0 Å². The SMILES string of the molecule is O=C(CCCSc1nnc(-c2ccc(Cl)cc2)n1-c1ccccc1)NCCc1ccccc1. The van der Waals surface area contributed by atoms with Gasteiger partial charge in [-0.15, -0.1) is 10.2 Å². The first-order valence-electron chi connectivity index (χ1n) is 10.9. The number of amides is 1. The molecule has 1 heterocycles. The van der Waals surface area contributed by atoms with Gasteiger partial charge in [-0.05, 0) is 54.8 Å². The Morgan fingerprint density at radius 2 is 1.61 bits per heavy atom. The topological polar surface area (TPSA) is 59.8 Å². The third-order valence-corrected chi connectivity index (χ3v) is 6.38. The van der Waals surface area contributed by atoms with Crippen LogP contribution < -0.4 is 5.32 Å². The molecule has 33 heavy (non-hydrogen) atoms. The van der Waals surface area contributed by atoms with Crippen LogP contribution in [0.2, 0.25) is 5.02 Å². The molecule has 1 amide bonds. The molecule has 5 nitrogen and oxygen atoms in total. The minimum Gasteiger partial charge on any atom is -0.356 e. The second kappa shape index (κ2) is 11.7. The van der Waals surface area contributed by atoms with E-state index < -0.39 is 0 Å². The summed E-state index contributed by atoms with van der Waals surface area (Å²) in [5.41, 5.74) is 3.17. The van der Waals surface area contributed by atoms with Gasteiger partial charge in [0.2, 0.25) is 5.91 Å². The molecule has 0 atom stereocenters. The fourth-order valence-corrected chi connectivity index (χ4v) is 4.45. The Hall–Kier alpha value is -3.09. The molecule has 0 unspecified atom stereocenters. The van der Waals surface area contributed by atoms with Crippen LogP contribution in [0.4, 0.5) is 0 Å². The highest BCUT2D eigenvalue weighted by Gasteiger charge is 2.16. The summed E-state index contributed by atoms with van der Waals surface area (Å²) in [6, 6.07) is 27.8. The molecule has 0 aliphatic rings. The normalized spacial score (nSPS) is 10.8. The summed E-state index contributed by atoms with van der Waals surface area (Å²) in [4.78, 5) is 12.2. The van der Waals surface area contributed by atoms with E-state index in [1.807, 2.05) is 77.4 Å². The Morgan fingerprint density at radius 1 is 0.909 bits per heavy atom. The maximum Gasteiger partial charge on any atom is 0.220 e. The minimum absolute atomic E-state index is 0.0814. The molecular weight excluding hydrogens is 452 g/mol. The molecule has 0 saturated carbocycles. The van der Waals surface area contributed by atoms with Crippen LogP contribution in [-0.2, 0) is 11.2 Å². The van der Waals surface area contributed by atoms with E-state index in [0.29, 0.717) is 18.0 Å². The highest BCUT2D eigenvalue weighted by atomic mass is 35.5. The average molecular weight is 477 g/mol. The molecule has 0 fully saturated rings. The molecule has 168 valence electrons. The Labute approximate surface area is 203 Å². The van der Waals surface area contributed by atoms with E-state index in [0.717, 1.165) is 40.8 Å². The van der Waals surface area contributed by atoms with Crippen LogP contribution in [0.1, 0.15) is 18.4 Å². The Bertz CT molecular complexity index is 1160. The number of hydrogen-bond acceptors (Lipinski definition) is 4. The predicted octanol–water partition coefficient (Wildman–Crippen LogP) is 5.82. The van der Waals surface area contributed by atoms with Gasteiger partial charge in [0.15, 0.2) is 11.0 Å². The van der Waals surface area contributed by atoms with Crippen molar-refractivity contribution in [2.45, 2.75) is 24.4 Å². The molecule has 0 saturated heterocycles. The van der Waals surface area contributed by atoms with Crippen LogP contribution in [0, 0.1) is 0 Å². The van der Waals surface area contributed by atoms with Gasteiger partial charge in [0.1, 0.15) is 0 Å². The Balaban J connectivity index is 1.34. The lowest BCUT2D eigenvalue weighted by Gasteiger charge is -2.10. The second-order valence-corrected chi connectivity index (χ2v) is 9.02. The van der Waals surface area contributed by atoms with Gasteiger partial charge in [-0.25, -0.2) is 0 Å². The largest absolute Gasteiger partial charge is 0.356 e. The molecule has 0 bridgehead atoms. The number of nitrogens with zero attached hydrogens (tertiary/aromatic N) is 3. The number of carbonyl (C=O) groups is 1. The monoisotopic (exact) mass is 476 g/mol. The molecule has 1 aromatic heterocycles. The molecule has 4 aromatic rings. The van der Waals surface area contributed by atoms with Crippen molar-refractivity contribution in [2.75, 3.05) is 12.3 Å². The van der Waals surface area contributed by atoms with Crippen molar-refractivity contribution in [3.8, 4) is 17.1 Å². The van der Waals surface area contributed by atoms with Crippen molar-refractivity contribution in [3.63, 3.8) is 0 Å². The van der Waals surface area contributed by atoms with Crippen molar-refractivity contribution in [1.29, 1.82) is 0 Å². The number of benzene rings is 3. The molecule has 7 heteroatoms. The van der Waals surface area contributed by atoms with E-state index >= 15 is 0 Å². The van der Waals surface area contributed by atoms with E-state index in [9.17, 15) is 4.79 Å². The fraction of sp³-hybridized carbons (Fsp3) is 0.192. The van der Waals surface area contributed by atoms with E-state index in [4.69, 9.17) is 11.6 Å². The zero-order valence-corrected chi connectivity index (χ0v) is 19.7. The Kier molecular flexibility index (Phi) is 8.17. The quantitative estimate of drug-likeness (QED) is 0.231. The predicted molar refractivity (Wildman–Crippen MR) is 135 cm³/mol. The standard InChI is InChI=1S/C26H25ClN4OS/c27-22-15-13-21(14-16-22)25-29-30-26(31(25)23-10-5-2-6-11-23)33-19-7-12-24(32)28-18-17-20-8-3-1-4-9-20/h1-6,8-11,13-16H,7,12,17-19H2,(H,28,32). The number of rotatable bonds is 10. The van der Waals surface area contributed by atoms with E-state index in [1.54, 1.807) is 11.8 Å². The lowest BCUT2D eigenvalue weighted by molar-refractivity contribution is -0.121. The van der Waals surface area contributed by atoms with Crippen molar-refractivity contribution < 1.29 is 4.79 Å². The van der Waals surface area contributed by atoms with Crippen molar-refractivity contribution in [2.24, 2.45) is 0 Å². The zero-order chi connectivity index (χ0) is 22.9. The lowest BCUT2D eigenvalue weighted by Crippen LogP contribution is -2.25. The molecule has 0 aliphatic heterocycles. The first kappa shape index (κ1) is 23.1. The van der Waals surface area contributed by atoms with Crippen LogP contribution in [0.15, 0.2) is 90.1 Å². The van der Waals surface area contributed by atoms with E-state index in [2.05, 4.69) is 27.6 Å². The van der Waals surface area contributed by atoms with Crippen LogP contribution in [-0.4, -0.2) is 33.0 Å². The summed E-state index contributed by atoms with van der Waals surface area (Å²) < 4.78 is 2.05. The number of nitrogens with one attached hydrogen (secondary N) is 1. The van der Waals surface area contributed by atoms with Gasteiger partial charge < -0.3 is 5.32 Å². The number of carbonyl (C=O) groups excluding carboxylic acids is 1. The van der Waals surface area contributed by atoms with Crippen LogP contribution >= 0.6 is 23.4 Å². The number of thioether (sulfide) groups is 1. The molecule has 3 aromatic carbocycles. The van der Waals surface area contributed by atoms with Crippen molar-refractivity contribution in [3.05, 3.63) is 95.5 Å². The third-order valence-electron chi connectivity index (χ3n) is 5.11. The minimum atomic E-state index is 0.0814. The summed E-state index contributed by atoms with van der Waals surface area (Å²) in [6.45, 7) is 0.656. The maximum atomic E-state index is 12.2. The smallest absolute Gasteiger partial charge is 0.220 e. The first-order chi connectivity index (χ1) is 16.2. The highest BCUT2D eigenvalue weighted by Crippen LogP contribution is 2.29. The number of hydrogen-bond donors (Lipinski definition) is 1. The summed E-state index contributed by atoms with van der Waals surface area (Å²) in [6.07, 6.45) is 2.10. The molecule has 4 rings (SSSR count). The van der Waals surface area contributed by atoms with E-state index in [1.165, 1.54) is 5.56 Å². The summed E-state index contributed by atoms with van der Waals surface area (Å²) in [7, 11) is 0. The summed E-state index contributed by atoms with van der Waals surface area (Å²) >= 11 is 7.66. The number of aromatic nitrogens is 3. The van der Waals surface area contributed by atoms with Gasteiger partial charge in [0, 0.05) is 35.0 Å². The molecular formula is C26H25ClN4OS. The summed E-state index contributed by atoms with van der Waals surface area (Å²) in [5.74, 6) is 1.62. The number of halogens is 1. The highest BCUT2D eigenvalue weighted by molar-refractivity contribution is 7.99. The second-order valence-electron chi connectivity index (χ2n) is 7.52. The van der Waals surface area contributed by atoms with Gasteiger partial charge >= 0.3 is 0 Å². The average Bonchev–Trinajstić information content (AvgIpc) is 3.27. The molecule has 1 N–H and O–H groups in total. The van der Waals surface area contributed by atoms with Gasteiger partial charge in [-0.2, -0.15) is 0 Å². The van der Waals surface area contributed by atoms with Gasteiger partial charge in [-0.3, -0.25) is 9.36 Å². The Morgan fingerprint density at radius 3 is 2.33 bits per heavy atom. The van der Waals surface area contributed by atoms with Crippen LogP contribution in [0.3, 0.4) is 0 Å². The van der Waals surface area contributed by atoms with Gasteiger partial charge in [0.25, 0.3) is 0 Å². The third kappa shape index (κ3) is 6.46. The lowest BCUT2D eigenvalue weighted by atomic mass is 10.1. The van der Waals surface area contributed by atoms with Crippen molar-refractivity contribution in [1.82, 2.24) is 20.1 Å². The van der Waals surface area contributed by atoms with Gasteiger partial charge in [-0.1, -0.05) is 71.9 Å². The number of para-hydroxylation sites is 1. The van der Waals surface area contributed by atoms with Crippen molar-refractivity contribution >= 4 is 29.3 Å². The van der Waals surface area contributed by atoms with Crippen LogP contribution in [0.25, 0.3) is 17.1 Å². The fourth-order valence-electron chi connectivity index (χ4n) is 3.43. The molecule has 0 radical (unpaired) electrons. The summed E-state index contributed by atoms with van der Waals surface area (Å²) in [5, 5.41) is 13.4. The van der Waals surface area contributed by atoms with E-state index in [-0.39, 0.29) is 5.91 Å². The molecule has 0 spiro atoms. The zero-order valence-electron chi connectivity index (χ0n) is 18.2.